The van der Waals surface area contributed by atoms with Crippen LogP contribution in [0.1, 0.15) is 11.3 Å². The number of oxime groups is 1. The number of rotatable bonds is 3. The first-order valence-corrected chi connectivity index (χ1v) is 5.79. The number of amidine groups is 1. The maximum absolute atomic E-state index is 8.74. The molecule has 0 saturated carbocycles. The van der Waals surface area contributed by atoms with Gasteiger partial charge >= 0.3 is 0 Å². The highest BCUT2D eigenvalue weighted by Gasteiger charge is 2.13. The van der Waals surface area contributed by atoms with Crippen molar-refractivity contribution in [2.24, 2.45) is 17.9 Å². The van der Waals surface area contributed by atoms with E-state index in [1.54, 1.807) is 19.2 Å². The minimum Gasteiger partial charge on any atom is -0.409 e. The second-order valence-corrected chi connectivity index (χ2v) is 4.43. The molecule has 0 spiro atoms. The minimum absolute atomic E-state index is 0.000118. The van der Waals surface area contributed by atoms with Gasteiger partial charge in [-0.15, -0.1) is 5.10 Å². The molecule has 0 radical (unpaired) electrons. The van der Waals surface area contributed by atoms with Crippen molar-refractivity contribution in [3.8, 4) is 0 Å². The Hall–Kier alpha value is -2.16. The standard InChI is InChI=1S/C9H11N7OS/c1-5-3-4-6(7(10)13-17)8(11-5)18-9-12-14-15-16(9)2/h3-4,17H,1-2H3,(H2,10,13). The third-order valence-corrected chi connectivity index (χ3v) is 3.19. The van der Waals surface area contributed by atoms with E-state index >= 15 is 0 Å². The SMILES string of the molecule is Cc1ccc(C(N)=NO)c(Sc2nnnn2C)n1. The number of aromatic nitrogens is 5. The van der Waals surface area contributed by atoms with Gasteiger partial charge in [0.25, 0.3) is 0 Å². The summed E-state index contributed by atoms with van der Waals surface area (Å²) >= 11 is 1.25. The summed E-state index contributed by atoms with van der Waals surface area (Å²) in [5.74, 6) is 0.000118. The maximum atomic E-state index is 8.74. The van der Waals surface area contributed by atoms with Gasteiger partial charge in [-0.3, -0.25) is 0 Å². The molecule has 2 aromatic heterocycles. The summed E-state index contributed by atoms with van der Waals surface area (Å²) in [6, 6.07) is 3.52. The Balaban J connectivity index is 2.43. The highest BCUT2D eigenvalue weighted by atomic mass is 32.2. The monoisotopic (exact) mass is 265 g/mol. The van der Waals surface area contributed by atoms with Crippen molar-refractivity contribution in [3.63, 3.8) is 0 Å². The van der Waals surface area contributed by atoms with Gasteiger partial charge in [-0.2, -0.15) is 0 Å². The van der Waals surface area contributed by atoms with E-state index in [1.807, 2.05) is 6.92 Å². The molecule has 94 valence electrons. The average Bonchev–Trinajstić information content (AvgIpc) is 2.74. The van der Waals surface area contributed by atoms with E-state index in [-0.39, 0.29) is 5.84 Å². The molecule has 0 aliphatic rings. The molecule has 0 unspecified atom stereocenters. The third kappa shape index (κ3) is 2.40. The van der Waals surface area contributed by atoms with Gasteiger partial charge in [0.15, 0.2) is 5.84 Å². The third-order valence-electron chi connectivity index (χ3n) is 2.15. The van der Waals surface area contributed by atoms with Crippen LogP contribution in [0.5, 0.6) is 0 Å². The summed E-state index contributed by atoms with van der Waals surface area (Å²) in [4.78, 5) is 4.34. The lowest BCUT2D eigenvalue weighted by Crippen LogP contribution is -2.15. The predicted octanol–water partition coefficient (Wildman–Crippen LogP) is 0.159. The van der Waals surface area contributed by atoms with Gasteiger partial charge in [0.1, 0.15) is 5.03 Å². The molecule has 0 aromatic carbocycles. The number of aryl methyl sites for hydroxylation is 2. The van der Waals surface area contributed by atoms with Crippen LogP contribution in [0.4, 0.5) is 0 Å². The lowest BCUT2D eigenvalue weighted by Gasteiger charge is -2.06. The van der Waals surface area contributed by atoms with Crippen LogP contribution >= 0.6 is 11.8 Å². The molecule has 3 N–H and O–H groups in total. The number of pyridine rings is 1. The van der Waals surface area contributed by atoms with Gasteiger partial charge < -0.3 is 10.9 Å². The van der Waals surface area contributed by atoms with Crippen LogP contribution in [-0.4, -0.2) is 36.2 Å². The van der Waals surface area contributed by atoms with E-state index in [0.717, 1.165) is 5.69 Å². The second-order valence-electron chi connectivity index (χ2n) is 3.48. The largest absolute Gasteiger partial charge is 0.409 e. The lowest BCUT2D eigenvalue weighted by atomic mass is 10.2. The summed E-state index contributed by atoms with van der Waals surface area (Å²) in [7, 11) is 1.72. The Morgan fingerprint density at radius 1 is 1.50 bits per heavy atom. The van der Waals surface area contributed by atoms with Crippen molar-refractivity contribution >= 4 is 17.6 Å². The topological polar surface area (TPSA) is 115 Å². The Bertz CT molecular complexity index is 594. The summed E-state index contributed by atoms with van der Waals surface area (Å²) < 4.78 is 1.52. The zero-order chi connectivity index (χ0) is 13.1. The van der Waals surface area contributed by atoms with E-state index in [9.17, 15) is 0 Å². The van der Waals surface area contributed by atoms with Crippen LogP contribution in [0.25, 0.3) is 0 Å². The molecule has 0 aliphatic heterocycles. The van der Waals surface area contributed by atoms with E-state index < -0.39 is 0 Å². The van der Waals surface area contributed by atoms with Crippen LogP contribution in [-0.2, 0) is 7.05 Å². The van der Waals surface area contributed by atoms with E-state index in [0.29, 0.717) is 15.7 Å². The predicted molar refractivity (Wildman–Crippen MR) is 64.4 cm³/mol. The normalized spacial score (nSPS) is 11.8. The lowest BCUT2D eigenvalue weighted by molar-refractivity contribution is 0.318. The zero-order valence-corrected chi connectivity index (χ0v) is 10.6. The average molecular weight is 265 g/mol. The van der Waals surface area contributed by atoms with Crippen LogP contribution in [0, 0.1) is 6.92 Å². The number of tetrazole rings is 1. The molecule has 0 bridgehead atoms. The smallest absolute Gasteiger partial charge is 0.215 e. The maximum Gasteiger partial charge on any atom is 0.215 e. The van der Waals surface area contributed by atoms with Crippen LogP contribution < -0.4 is 5.73 Å². The molecule has 0 saturated heterocycles. The first-order chi connectivity index (χ1) is 8.61. The van der Waals surface area contributed by atoms with Gasteiger partial charge in [-0.1, -0.05) is 5.16 Å². The zero-order valence-electron chi connectivity index (χ0n) is 9.77. The van der Waals surface area contributed by atoms with E-state index in [1.165, 1.54) is 16.4 Å². The highest BCUT2D eigenvalue weighted by Crippen LogP contribution is 2.26. The quantitative estimate of drug-likeness (QED) is 0.351. The Labute approximate surface area is 107 Å². The van der Waals surface area contributed by atoms with Crippen molar-refractivity contribution in [2.45, 2.75) is 17.1 Å². The minimum atomic E-state index is 0.000118. The number of hydrogen-bond donors (Lipinski definition) is 2. The molecule has 0 fully saturated rings. The van der Waals surface area contributed by atoms with E-state index in [2.05, 4.69) is 25.7 Å². The van der Waals surface area contributed by atoms with Crippen LogP contribution in [0.2, 0.25) is 0 Å². The van der Waals surface area contributed by atoms with Gasteiger partial charge in [-0.05, 0) is 41.2 Å². The molecule has 9 heteroatoms. The Morgan fingerprint density at radius 2 is 2.28 bits per heavy atom. The number of nitrogens with zero attached hydrogens (tertiary/aromatic N) is 6. The summed E-state index contributed by atoms with van der Waals surface area (Å²) in [6.07, 6.45) is 0. The van der Waals surface area contributed by atoms with Gasteiger partial charge in [0, 0.05) is 12.7 Å². The van der Waals surface area contributed by atoms with Crippen molar-refractivity contribution in [1.82, 2.24) is 25.2 Å². The molecule has 0 amide bonds. The highest BCUT2D eigenvalue weighted by molar-refractivity contribution is 7.99. The van der Waals surface area contributed by atoms with Gasteiger partial charge in [0.2, 0.25) is 5.16 Å². The van der Waals surface area contributed by atoms with Crippen LogP contribution in [0.3, 0.4) is 0 Å². The molecule has 18 heavy (non-hydrogen) atoms. The molecular weight excluding hydrogens is 254 g/mol. The second kappa shape index (κ2) is 5.00. The van der Waals surface area contributed by atoms with Crippen molar-refractivity contribution < 1.29 is 5.21 Å². The van der Waals surface area contributed by atoms with E-state index in [4.69, 9.17) is 10.9 Å². The summed E-state index contributed by atoms with van der Waals surface area (Å²) in [5.41, 5.74) is 6.96. The Kier molecular flexibility index (Phi) is 3.42. The fourth-order valence-corrected chi connectivity index (χ4v) is 2.14. The first-order valence-electron chi connectivity index (χ1n) is 4.97. The molecule has 0 atom stereocenters. The fourth-order valence-electron chi connectivity index (χ4n) is 1.25. The first kappa shape index (κ1) is 12.3. The number of hydrogen-bond acceptors (Lipinski definition) is 7. The number of nitrogens with two attached hydrogens (primary N) is 1. The molecule has 2 aromatic rings. The summed E-state index contributed by atoms with van der Waals surface area (Å²) in [6.45, 7) is 1.86. The molecule has 8 nitrogen and oxygen atoms in total. The molecule has 2 rings (SSSR count). The van der Waals surface area contributed by atoms with Crippen molar-refractivity contribution in [1.29, 1.82) is 0 Å². The van der Waals surface area contributed by atoms with Gasteiger partial charge in [-0.25, -0.2) is 9.67 Å². The van der Waals surface area contributed by atoms with Gasteiger partial charge in [0.05, 0.1) is 5.56 Å². The molecule has 0 aliphatic carbocycles. The molecule has 2 heterocycles. The van der Waals surface area contributed by atoms with Crippen LogP contribution in [0.15, 0.2) is 27.5 Å². The van der Waals surface area contributed by atoms with Crippen molar-refractivity contribution in [3.05, 3.63) is 23.4 Å². The fraction of sp³-hybridized carbons (Fsp3) is 0.222. The van der Waals surface area contributed by atoms with Crippen molar-refractivity contribution in [2.75, 3.05) is 0 Å². The molecular formula is C9H11N7OS. The Morgan fingerprint density at radius 3 is 2.89 bits per heavy atom. The summed E-state index contributed by atoms with van der Waals surface area (Å²) in [5, 5.41) is 24.0.